The second-order valence-electron chi connectivity index (χ2n) is 13.2. The molecule has 2 atom stereocenters. The molecule has 3 N–H and O–H groups in total. The molecule has 3 amide bonds. The number of ether oxygens (including phenoxy) is 1. The van der Waals surface area contributed by atoms with Crippen molar-refractivity contribution in [2.45, 2.75) is 82.5 Å². The maximum absolute atomic E-state index is 13.8. The normalized spacial score (nSPS) is 22.0. The fourth-order valence-electron chi connectivity index (χ4n) is 6.87. The molecule has 0 bridgehead atoms. The van der Waals surface area contributed by atoms with Crippen molar-refractivity contribution >= 4 is 30.1 Å². The van der Waals surface area contributed by atoms with E-state index in [1.54, 1.807) is 12.1 Å². The van der Waals surface area contributed by atoms with Gasteiger partial charge in [0.05, 0.1) is 6.10 Å². The van der Waals surface area contributed by atoms with Crippen LogP contribution in [0.1, 0.15) is 74.2 Å². The van der Waals surface area contributed by atoms with Gasteiger partial charge >= 0.3 is 0 Å². The Bertz CT molecular complexity index is 1380. The summed E-state index contributed by atoms with van der Waals surface area (Å²) in [6.45, 7) is 5.50. The Labute approximate surface area is 278 Å². The van der Waals surface area contributed by atoms with Crippen molar-refractivity contribution in [2.24, 2.45) is 11.8 Å². The van der Waals surface area contributed by atoms with E-state index in [-0.39, 0.29) is 36.0 Å². The lowest BCUT2D eigenvalue weighted by Gasteiger charge is -2.52. The first-order valence-corrected chi connectivity index (χ1v) is 16.7. The number of unbranched alkanes of at least 4 members (excludes halogenated alkanes) is 1. The molecule has 0 aromatic heterocycles. The van der Waals surface area contributed by atoms with Crippen molar-refractivity contribution in [3.05, 3.63) is 71.8 Å². The first-order valence-electron chi connectivity index (χ1n) is 16.7. The lowest BCUT2D eigenvalue weighted by atomic mass is 9.79. The number of carbonyl (C=O) groups is 3. The molecule has 46 heavy (non-hydrogen) atoms. The van der Waals surface area contributed by atoms with Crippen LogP contribution in [0.15, 0.2) is 60.7 Å². The number of benzene rings is 2. The molecule has 2 aromatic carbocycles. The molecule has 2 aliphatic heterocycles. The number of halogens is 1. The number of nitrogens with zero attached hydrogens (tertiary/aromatic N) is 2. The van der Waals surface area contributed by atoms with Crippen molar-refractivity contribution < 1.29 is 24.2 Å². The van der Waals surface area contributed by atoms with Gasteiger partial charge in [-0.2, -0.15) is 0 Å². The van der Waals surface area contributed by atoms with Gasteiger partial charge in [-0.3, -0.25) is 19.3 Å². The minimum absolute atomic E-state index is 0. The molecule has 1 spiro atoms. The Hall–Kier alpha value is -3.40. The van der Waals surface area contributed by atoms with Crippen LogP contribution in [0, 0.1) is 11.8 Å². The molecule has 6 rings (SSSR count). The van der Waals surface area contributed by atoms with Crippen molar-refractivity contribution in [2.75, 3.05) is 26.2 Å². The quantitative estimate of drug-likeness (QED) is 0.284. The number of amides is 3. The van der Waals surface area contributed by atoms with E-state index < -0.39 is 17.7 Å². The van der Waals surface area contributed by atoms with Crippen LogP contribution >= 0.6 is 12.4 Å². The highest BCUT2D eigenvalue weighted by Crippen LogP contribution is 2.36. The minimum Gasteiger partial charge on any atom is -0.457 e. The van der Waals surface area contributed by atoms with Gasteiger partial charge in [0.25, 0.3) is 5.91 Å². The molecule has 0 radical (unpaired) electrons. The van der Waals surface area contributed by atoms with E-state index in [0.29, 0.717) is 49.7 Å². The molecule has 2 saturated heterocycles. The number of aliphatic hydroxyl groups is 1. The number of hydrogen-bond acceptors (Lipinski definition) is 6. The van der Waals surface area contributed by atoms with Gasteiger partial charge in [0.2, 0.25) is 11.8 Å². The van der Waals surface area contributed by atoms with E-state index in [1.807, 2.05) is 53.5 Å². The highest BCUT2D eigenvalue weighted by atomic mass is 35.5. The molecule has 1 saturated carbocycles. The molecule has 2 aliphatic carbocycles. The van der Waals surface area contributed by atoms with Gasteiger partial charge in [-0.05, 0) is 98.7 Å². The van der Waals surface area contributed by atoms with Gasteiger partial charge in [0.1, 0.15) is 23.1 Å². The number of nitrogens with one attached hydrogen (secondary N) is 2. The summed E-state index contributed by atoms with van der Waals surface area (Å²) in [4.78, 5) is 43.9. The molecular formula is C36H47ClN4O5. The third-order valence-corrected chi connectivity index (χ3v) is 9.98. The predicted octanol–water partition coefficient (Wildman–Crippen LogP) is 4.83. The van der Waals surface area contributed by atoms with Gasteiger partial charge in [0, 0.05) is 38.3 Å². The van der Waals surface area contributed by atoms with E-state index >= 15 is 0 Å². The molecule has 248 valence electrons. The fraction of sp³-hybridized carbons (Fsp3) is 0.528. The summed E-state index contributed by atoms with van der Waals surface area (Å²) in [6, 6.07) is 14.3. The predicted molar refractivity (Wildman–Crippen MR) is 179 cm³/mol. The average Bonchev–Trinajstić information content (AvgIpc) is 3.73. The second kappa shape index (κ2) is 15.0. The summed E-state index contributed by atoms with van der Waals surface area (Å²) in [5.74, 6) is 1.69. The van der Waals surface area contributed by atoms with Crippen molar-refractivity contribution in [3.63, 3.8) is 0 Å². The van der Waals surface area contributed by atoms with Crippen LogP contribution in [0.5, 0.6) is 11.5 Å². The van der Waals surface area contributed by atoms with Crippen LogP contribution in [0.2, 0.25) is 0 Å². The van der Waals surface area contributed by atoms with E-state index in [2.05, 4.69) is 22.5 Å². The van der Waals surface area contributed by atoms with Crippen LogP contribution in [0.3, 0.4) is 0 Å². The van der Waals surface area contributed by atoms with E-state index in [0.717, 1.165) is 50.1 Å². The maximum atomic E-state index is 13.8. The zero-order valence-electron chi connectivity index (χ0n) is 26.7. The molecule has 3 fully saturated rings. The third-order valence-electron chi connectivity index (χ3n) is 9.98. The second-order valence-corrected chi connectivity index (χ2v) is 13.2. The number of rotatable bonds is 12. The SMILES string of the molecule is CCCCN1C(=O)[C@@H]([C@H](O)C2CC=CC2)NC(=O)C12CCN(Cc1ccc(Oc3ccc(C(=O)NCC4CC4)cc3)cc1)CC2.Cl. The van der Waals surface area contributed by atoms with E-state index in [1.165, 1.54) is 12.8 Å². The van der Waals surface area contributed by atoms with E-state index in [9.17, 15) is 19.5 Å². The lowest BCUT2D eigenvalue weighted by molar-refractivity contribution is -0.165. The Morgan fingerprint density at radius 3 is 2.26 bits per heavy atom. The van der Waals surface area contributed by atoms with Gasteiger partial charge in [0.15, 0.2) is 0 Å². The number of hydrogen-bond donors (Lipinski definition) is 3. The molecule has 2 heterocycles. The monoisotopic (exact) mass is 650 g/mol. The number of piperazine rings is 1. The fourth-order valence-corrected chi connectivity index (χ4v) is 6.87. The van der Waals surface area contributed by atoms with Gasteiger partial charge in [-0.15, -0.1) is 12.4 Å². The summed E-state index contributed by atoms with van der Waals surface area (Å²) < 4.78 is 6.02. The molecule has 10 heteroatoms. The summed E-state index contributed by atoms with van der Waals surface area (Å²) in [7, 11) is 0. The van der Waals surface area contributed by atoms with Gasteiger partial charge < -0.3 is 25.4 Å². The first-order chi connectivity index (χ1) is 21.9. The topological polar surface area (TPSA) is 111 Å². The van der Waals surface area contributed by atoms with Crippen LogP contribution in [0.4, 0.5) is 0 Å². The van der Waals surface area contributed by atoms with Crippen LogP contribution in [-0.2, 0) is 16.1 Å². The number of allylic oxidation sites excluding steroid dienone is 2. The summed E-state index contributed by atoms with van der Waals surface area (Å²) >= 11 is 0. The van der Waals surface area contributed by atoms with Gasteiger partial charge in [-0.1, -0.05) is 37.6 Å². The van der Waals surface area contributed by atoms with Crippen molar-refractivity contribution in [3.8, 4) is 11.5 Å². The summed E-state index contributed by atoms with van der Waals surface area (Å²) in [5.41, 5.74) is 0.906. The van der Waals surface area contributed by atoms with Crippen LogP contribution < -0.4 is 15.4 Å². The highest BCUT2D eigenvalue weighted by molar-refractivity contribution is 6.00. The summed E-state index contributed by atoms with van der Waals surface area (Å²) in [5, 5.41) is 17.0. The Morgan fingerprint density at radius 2 is 1.65 bits per heavy atom. The Kier molecular flexibility index (Phi) is 11.1. The van der Waals surface area contributed by atoms with Crippen LogP contribution in [0.25, 0.3) is 0 Å². The average molecular weight is 651 g/mol. The lowest BCUT2D eigenvalue weighted by Crippen LogP contribution is -2.75. The van der Waals surface area contributed by atoms with Crippen LogP contribution in [-0.4, -0.2) is 76.5 Å². The standard InChI is InChI=1S/C36H46N4O5.ClH/c1-2-3-20-40-34(43)31(32(41)27-6-4-5-7-27)38-35(44)36(40)18-21-39(22-19-36)24-26-10-14-29(15-11-26)45-30-16-12-28(13-17-30)33(42)37-23-25-8-9-25;/h4-5,10-17,25,27,31-32,41H,2-3,6-9,18-24H2,1H3,(H,37,42)(H,38,44);1H/t31-,32-;/m1./s1. The molecule has 2 aromatic rings. The smallest absolute Gasteiger partial charge is 0.251 e. The van der Waals surface area contributed by atoms with Gasteiger partial charge in [-0.25, -0.2) is 0 Å². The van der Waals surface area contributed by atoms with Crippen molar-refractivity contribution in [1.29, 1.82) is 0 Å². The largest absolute Gasteiger partial charge is 0.457 e. The number of likely N-dealkylation sites (tertiary alicyclic amines) is 1. The number of aliphatic hydroxyl groups excluding tert-OH is 1. The van der Waals surface area contributed by atoms with E-state index in [4.69, 9.17) is 4.74 Å². The molecule has 0 unspecified atom stereocenters. The third kappa shape index (κ3) is 7.59. The first kappa shape index (κ1) is 33.9. The molecular weight excluding hydrogens is 604 g/mol. The van der Waals surface area contributed by atoms with Crippen molar-refractivity contribution in [1.82, 2.24) is 20.4 Å². The summed E-state index contributed by atoms with van der Waals surface area (Å²) in [6.07, 6.45) is 9.95. The zero-order chi connectivity index (χ0) is 31.4. The zero-order valence-corrected chi connectivity index (χ0v) is 27.5. The maximum Gasteiger partial charge on any atom is 0.251 e. The number of carbonyl (C=O) groups excluding carboxylic acids is 3. The Morgan fingerprint density at radius 1 is 1.02 bits per heavy atom. The Balaban J connectivity index is 0.00000417. The highest BCUT2D eigenvalue weighted by Gasteiger charge is 2.55. The molecule has 9 nitrogen and oxygen atoms in total. The number of piperidine rings is 1. The minimum atomic E-state index is -0.882. The molecule has 4 aliphatic rings.